The number of carbonyl (C=O) groups excluding carboxylic acids is 1. The summed E-state index contributed by atoms with van der Waals surface area (Å²) >= 11 is 0. The van der Waals surface area contributed by atoms with Gasteiger partial charge < -0.3 is 14.8 Å². The second kappa shape index (κ2) is 6.88. The van der Waals surface area contributed by atoms with Gasteiger partial charge in [0.1, 0.15) is 13.2 Å². The molecule has 0 bridgehead atoms. The van der Waals surface area contributed by atoms with E-state index >= 15 is 0 Å². The quantitative estimate of drug-likeness (QED) is 0.916. The molecule has 1 saturated heterocycles. The van der Waals surface area contributed by atoms with Gasteiger partial charge in [-0.2, -0.15) is 13.2 Å². The van der Waals surface area contributed by atoms with Gasteiger partial charge in [0, 0.05) is 11.8 Å². The maximum atomic E-state index is 12.6. The van der Waals surface area contributed by atoms with E-state index in [1.165, 1.54) is 0 Å². The maximum Gasteiger partial charge on any atom is 0.391 e. The number of nitrogens with zero attached hydrogens (tertiary/aromatic N) is 1. The molecule has 0 spiro atoms. The Kier molecular flexibility index (Phi) is 4.84. The normalized spacial score (nSPS) is 19.1. The highest BCUT2D eigenvalue weighted by Crippen LogP contribution is 2.34. The van der Waals surface area contributed by atoms with Crippen molar-refractivity contribution in [3.05, 3.63) is 18.2 Å². The van der Waals surface area contributed by atoms with Crippen LogP contribution in [0, 0.1) is 5.92 Å². The number of alkyl halides is 3. The molecule has 1 fully saturated rings. The molecule has 1 aromatic rings. The molecule has 5 nitrogen and oxygen atoms in total. The third kappa shape index (κ3) is 4.11. The number of likely N-dealkylation sites (tertiary alicyclic amines) is 1. The molecule has 0 saturated carbocycles. The predicted octanol–water partition coefficient (Wildman–Crippen LogP) is 2.67. The van der Waals surface area contributed by atoms with Crippen molar-refractivity contribution in [1.29, 1.82) is 0 Å². The number of amides is 1. The minimum atomic E-state index is -4.14. The molecule has 8 heteroatoms. The van der Waals surface area contributed by atoms with Crippen molar-refractivity contribution in [2.24, 2.45) is 5.92 Å². The average molecular weight is 344 g/mol. The number of piperidine rings is 1. The molecular formula is C16H19F3N2O3. The monoisotopic (exact) mass is 344 g/mol. The van der Waals surface area contributed by atoms with Crippen LogP contribution in [0.3, 0.4) is 0 Å². The highest BCUT2D eigenvalue weighted by Gasteiger charge is 2.41. The van der Waals surface area contributed by atoms with Crippen molar-refractivity contribution >= 4 is 11.6 Å². The second-order valence-electron chi connectivity index (χ2n) is 6.00. The summed E-state index contributed by atoms with van der Waals surface area (Å²) in [5.74, 6) is -0.301. The summed E-state index contributed by atoms with van der Waals surface area (Å²) in [6.07, 6.45) is -4.05. The number of anilines is 1. The molecule has 24 heavy (non-hydrogen) atoms. The van der Waals surface area contributed by atoms with Crippen LogP contribution in [-0.4, -0.2) is 49.8 Å². The van der Waals surface area contributed by atoms with E-state index in [4.69, 9.17) is 9.47 Å². The predicted molar refractivity (Wildman–Crippen MR) is 81.3 cm³/mol. The van der Waals surface area contributed by atoms with E-state index in [1.807, 2.05) is 0 Å². The van der Waals surface area contributed by atoms with Crippen LogP contribution in [0.15, 0.2) is 18.2 Å². The fraction of sp³-hybridized carbons (Fsp3) is 0.562. The first-order valence-corrected chi connectivity index (χ1v) is 7.90. The van der Waals surface area contributed by atoms with Gasteiger partial charge in [-0.3, -0.25) is 9.69 Å². The minimum Gasteiger partial charge on any atom is -0.486 e. The highest BCUT2D eigenvalue weighted by molar-refractivity contribution is 5.92. The first-order valence-electron chi connectivity index (χ1n) is 7.90. The lowest BCUT2D eigenvalue weighted by atomic mass is 9.96. The molecule has 0 atom stereocenters. The second-order valence-corrected chi connectivity index (χ2v) is 6.00. The van der Waals surface area contributed by atoms with Gasteiger partial charge in [-0.25, -0.2) is 0 Å². The molecule has 1 N–H and O–H groups in total. The maximum absolute atomic E-state index is 12.6. The van der Waals surface area contributed by atoms with Crippen molar-refractivity contribution in [1.82, 2.24) is 4.90 Å². The van der Waals surface area contributed by atoms with Gasteiger partial charge in [-0.1, -0.05) is 0 Å². The fourth-order valence-corrected chi connectivity index (χ4v) is 2.94. The summed E-state index contributed by atoms with van der Waals surface area (Å²) in [4.78, 5) is 13.8. The topological polar surface area (TPSA) is 50.8 Å². The third-order valence-corrected chi connectivity index (χ3v) is 4.24. The number of benzene rings is 1. The Morgan fingerprint density at radius 1 is 1.17 bits per heavy atom. The molecule has 0 radical (unpaired) electrons. The summed E-state index contributed by atoms with van der Waals surface area (Å²) in [7, 11) is 0. The molecule has 3 rings (SSSR count). The number of hydrogen-bond acceptors (Lipinski definition) is 4. The van der Waals surface area contributed by atoms with Gasteiger partial charge in [-0.15, -0.1) is 0 Å². The van der Waals surface area contributed by atoms with Crippen LogP contribution in [0.2, 0.25) is 0 Å². The molecule has 1 amide bonds. The molecule has 0 unspecified atom stereocenters. The third-order valence-electron chi connectivity index (χ3n) is 4.24. The van der Waals surface area contributed by atoms with Gasteiger partial charge in [0.25, 0.3) is 0 Å². The van der Waals surface area contributed by atoms with Crippen LogP contribution < -0.4 is 14.8 Å². The van der Waals surface area contributed by atoms with Crippen molar-refractivity contribution in [3.8, 4) is 11.5 Å². The van der Waals surface area contributed by atoms with E-state index in [2.05, 4.69) is 5.32 Å². The van der Waals surface area contributed by atoms with Crippen LogP contribution in [0.25, 0.3) is 0 Å². The summed E-state index contributed by atoms with van der Waals surface area (Å²) in [6, 6.07) is 5.11. The number of hydrogen-bond donors (Lipinski definition) is 1. The first kappa shape index (κ1) is 16.9. The lowest BCUT2D eigenvalue weighted by molar-refractivity contribution is -0.184. The van der Waals surface area contributed by atoms with E-state index in [9.17, 15) is 18.0 Å². The largest absolute Gasteiger partial charge is 0.486 e. The summed E-state index contributed by atoms with van der Waals surface area (Å²) in [6.45, 7) is 1.58. The number of halogens is 3. The molecule has 0 aromatic heterocycles. The number of fused-ring (bicyclic) bond motifs is 1. The van der Waals surface area contributed by atoms with Crippen LogP contribution in [0.1, 0.15) is 12.8 Å². The zero-order valence-electron chi connectivity index (χ0n) is 13.1. The van der Waals surface area contributed by atoms with E-state index in [0.717, 1.165) is 0 Å². The molecule has 1 aromatic carbocycles. The van der Waals surface area contributed by atoms with E-state index in [1.54, 1.807) is 23.1 Å². The Hall–Kier alpha value is -1.96. The minimum absolute atomic E-state index is 0.0425. The average Bonchev–Trinajstić information content (AvgIpc) is 2.54. The van der Waals surface area contributed by atoms with Crippen LogP contribution in [0.4, 0.5) is 18.9 Å². The van der Waals surface area contributed by atoms with Gasteiger partial charge >= 0.3 is 6.18 Å². The molecular weight excluding hydrogens is 325 g/mol. The molecule has 2 heterocycles. The van der Waals surface area contributed by atoms with Crippen molar-refractivity contribution in [2.75, 3.05) is 38.2 Å². The van der Waals surface area contributed by atoms with Crippen LogP contribution in [0.5, 0.6) is 11.5 Å². The summed E-state index contributed by atoms with van der Waals surface area (Å²) in [5.41, 5.74) is 0.578. The Bertz CT molecular complexity index is 599. The van der Waals surface area contributed by atoms with Crippen LogP contribution in [-0.2, 0) is 4.79 Å². The van der Waals surface area contributed by atoms with Gasteiger partial charge in [-0.05, 0) is 38.1 Å². The highest BCUT2D eigenvalue weighted by atomic mass is 19.4. The Morgan fingerprint density at radius 3 is 2.50 bits per heavy atom. The van der Waals surface area contributed by atoms with Crippen molar-refractivity contribution < 1.29 is 27.4 Å². The van der Waals surface area contributed by atoms with Gasteiger partial charge in [0.05, 0.1) is 12.5 Å². The number of rotatable bonds is 3. The molecule has 2 aliphatic rings. The fourth-order valence-electron chi connectivity index (χ4n) is 2.94. The zero-order valence-corrected chi connectivity index (χ0v) is 13.1. The lowest BCUT2D eigenvalue weighted by Crippen LogP contribution is -2.42. The first-order chi connectivity index (χ1) is 11.4. The number of carbonyl (C=O) groups is 1. The van der Waals surface area contributed by atoms with Gasteiger partial charge in [0.2, 0.25) is 5.91 Å². The molecule has 132 valence electrons. The van der Waals surface area contributed by atoms with Crippen molar-refractivity contribution in [3.63, 3.8) is 0 Å². The SMILES string of the molecule is O=C(CN1CCC(C(F)(F)F)CC1)Nc1ccc2c(c1)OCCO2. The summed E-state index contributed by atoms with van der Waals surface area (Å²) < 4.78 is 48.8. The Labute approximate surface area is 137 Å². The smallest absolute Gasteiger partial charge is 0.391 e. The van der Waals surface area contributed by atoms with E-state index in [-0.39, 0.29) is 38.4 Å². The lowest BCUT2D eigenvalue weighted by Gasteiger charge is -2.32. The van der Waals surface area contributed by atoms with E-state index < -0.39 is 12.1 Å². The molecule has 0 aliphatic carbocycles. The molecule has 2 aliphatic heterocycles. The standard InChI is InChI=1S/C16H19F3N2O3/c17-16(18,19)11-3-5-21(6-4-11)10-15(22)20-12-1-2-13-14(9-12)24-8-7-23-13/h1-2,9,11H,3-8,10H2,(H,20,22). The van der Waals surface area contributed by atoms with Crippen molar-refractivity contribution in [2.45, 2.75) is 19.0 Å². The zero-order chi connectivity index (χ0) is 17.2. The Morgan fingerprint density at radius 2 is 1.83 bits per heavy atom. The number of nitrogens with one attached hydrogen (secondary N) is 1. The van der Waals surface area contributed by atoms with E-state index in [0.29, 0.717) is 30.4 Å². The summed E-state index contributed by atoms with van der Waals surface area (Å²) in [5, 5.41) is 2.74. The number of ether oxygens (including phenoxy) is 2. The Balaban J connectivity index is 1.50. The van der Waals surface area contributed by atoms with Crippen LogP contribution >= 0.6 is 0 Å². The van der Waals surface area contributed by atoms with Gasteiger partial charge in [0.15, 0.2) is 11.5 Å².